The number of aliphatic hydroxyl groups is 1. The van der Waals surface area contributed by atoms with Crippen molar-refractivity contribution in [3.63, 3.8) is 0 Å². The number of alkyl halides is 1. The third-order valence-corrected chi connectivity index (χ3v) is 28.7. The number of fused-ring (bicyclic) bond motifs is 6. The zero-order valence-corrected chi connectivity index (χ0v) is 86.3. The van der Waals surface area contributed by atoms with Gasteiger partial charge in [-0.2, -0.15) is 18.1 Å². The second-order valence-corrected chi connectivity index (χ2v) is 39.6. The fourth-order valence-corrected chi connectivity index (χ4v) is 22.0. The summed E-state index contributed by atoms with van der Waals surface area (Å²) >= 11 is 9.54. The number of aryl methyl sites for hydroxylation is 5. The van der Waals surface area contributed by atoms with E-state index in [1.165, 1.54) is 129 Å². The van der Waals surface area contributed by atoms with Crippen LogP contribution in [-0.2, 0) is 94.6 Å². The second kappa shape index (κ2) is 51.5. The molecule has 41 nitrogen and oxygen atoms in total. The number of oxime groups is 2. The molecule has 3 saturated heterocycles. The van der Waals surface area contributed by atoms with E-state index >= 15 is 0 Å². The van der Waals surface area contributed by atoms with Crippen molar-refractivity contribution in [3.8, 4) is 0 Å². The number of nitrogens with one attached hydrogen (secondary N) is 4. The summed E-state index contributed by atoms with van der Waals surface area (Å²) in [6, 6.07) is 9.17. The van der Waals surface area contributed by atoms with E-state index in [0.29, 0.717) is 61.6 Å². The number of amides is 6. The Bertz CT molecular complexity index is 5920. The molecule has 6 amide bonds. The van der Waals surface area contributed by atoms with Crippen molar-refractivity contribution in [1.82, 2.24) is 97.7 Å². The Kier molecular flexibility index (Phi) is 41.2. The summed E-state index contributed by atoms with van der Waals surface area (Å²) in [5, 5.41) is 39.7. The molecule has 0 saturated carbocycles. The highest BCUT2D eigenvalue weighted by Gasteiger charge is 2.58. The molecule has 6 aliphatic heterocycles. The highest BCUT2D eigenvalue weighted by atomic mass is 127. The molecule has 0 aromatic carbocycles. The number of aliphatic carboxylic acids is 1. The number of carbonyl (C=O) groups excluding carboxylic acids is 9. The second-order valence-electron chi connectivity index (χ2n) is 30.3. The number of rotatable bonds is 39. The smallest absolute Gasteiger partial charge is 0.357 e. The third-order valence-electron chi connectivity index (χ3n) is 21.0. The first kappa shape index (κ1) is 107. The normalized spacial score (nSPS) is 18.4. The topological polar surface area (TPSA) is 506 Å². The van der Waals surface area contributed by atoms with E-state index in [-0.39, 0.29) is 106 Å². The quantitative estimate of drug-likeness (QED) is 0.00368. The molecule has 54 heteroatoms. The SMILES string of the molecule is CCCCCCCn1cnc2ncccc21.CN=C(C(=O)NC1C(=O)N2C(C(=O)[O-])=C(C[n+]3cccc4c3ncn4CCCNCCO)CSC12)c1nsc(N)n1.Cl.[B]P(C)OC(=O)C1=C(CI)CSC2C(NC(=O)/C(=N\OC)c3nsc(C)n3)C(=O)N12.[B]P(C)OC(=O)C1=C(C[n+]2cccc3c2ncn3CCCCCCC)CSC2C(NC(=O)/C(=N\OC)c3nsc(C)n3)C(=O)N12.[I-]. The molecule has 15 rings (SSSR count). The lowest BCUT2D eigenvalue weighted by atomic mass is 10.0. The Morgan fingerprint density at radius 3 is 1.43 bits per heavy atom. The van der Waals surface area contributed by atoms with Crippen molar-refractivity contribution in [2.24, 2.45) is 15.3 Å². The van der Waals surface area contributed by atoms with Gasteiger partial charge in [-0.3, -0.25) is 48.5 Å². The van der Waals surface area contributed by atoms with Crippen LogP contribution in [0.1, 0.15) is 112 Å². The summed E-state index contributed by atoms with van der Waals surface area (Å²) in [5.74, 6) is -4.58. The number of imidazole rings is 3. The molecule has 0 aliphatic carbocycles. The fraction of sp³-hybridized carbons (Fsp3) is 0.475. The number of β-lactam (4-membered cyclic amide) rings is 3. The number of nitrogen functional groups attached to an aromatic ring is 1. The molecular weight excluding hydrogens is 2130 g/mol. The van der Waals surface area contributed by atoms with Crippen LogP contribution < -0.4 is 65.2 Å². The van der Waals surface area contributed by atoms with Crippen LogP contribution in [0.2, 0.25) is 0 Å². The fourth-order valence-electron chi connectivity index (χ4n) is 14.9. The number of aliphatic imine (C=N–C) groups is 1. The minimum Gasteiger partial charge on any atom is -1.00 e. The van der Waals surface area contributed by atoms with Gasteiger partial charge in [-0.15, -0.1) is 47.7 Å². The van der Waals surface area contributed by atoms with Crippen LogP contribution in [0.4, 0.5) is 5.13 Å². The average molecular weight is 2230 g/mol. The van der Waals surface area contributed by atoms with Gasteiger partial charge in [0.15, 0.2) is 37.4 Å². The summed E-state index contributed by atoms with van der Waals surface area (Å²) in [7, 11) is 12.6. The maximum absolute atomic E-state index is 13.5. The summed E-state index contributed by atoms with van der Waals surface area (Å²) < 4.78 is 33.6. The van der Waals surface area contributed by atoms with E-state index in [1.807, 2.05) is 69.1 Å². The molecule has 9 aromatic rings. The number of pyridine rings is 3. The lowest BCUT2D eigenvalue weighted by Gasteiger charge is -2.50. The number of aromatic nitrogens is 15. The van der Waals surface area contributed by atoms with E-state index in [2.05, 4.69) is 136 Å². The van der Waals surface area contributed by atoms with Gasteiger partial charge in [0.05, 0.1) is 42.5 Å². The van der Waals surface area contributed by atoms with E-state index in [9.17, 15) is 48.3 Å². The third kappa shape index (κ3) is 25.9. The highest BCUT2D eigenvalue weighted by molar-refractivity contribution is 14.1. The zero-order chi connectivity index (χ0) is 94.4. The Hall–Kier alpha value is -8.89. The number of carboxylic acids is 1. The first-order chi connectivity index (χ1) is 63.8. The van der Waals surface area contributed by atoms with Crippen LogP contribution >= 0.6 is 121 Å². The van der Waals surface area contributed by atoms with E-state index in [1.54, 1.807) is 39.7 Å². The van der Waals surface area contributed by atoms with E-state index in [0.717, 1.165) is 107 Å². The van der Waals surface area contributed by atoms with Gasteiger partial charge in [0.1, 0.15) is 94.0 Å². The van der Waals surface area contributed by atoms with Gasteiger partial charge < -0.3 is 98.4 Å². The first-order valence-electron chi connectivity index (χ1n) is 42.0. The molecule has 9 aromatic heterocycles. The lowest BCUT2D eigenvalue weighted by molar-refractivity contribution is -0.665. The molecule has 8 atom stereocenters. The number of hydrogen-bond donors (Lipinski definition) is 6. The monoisotopic (exact) mass is 2230 g/mol. The van der Waals surface area contributed by atoms with Crippen LogP contribution in [0.5, 0.6) is 0 Å². The number of aliphatic hydroxyl groups excluding tert-OH is 1. The number of halogens is 3. The zero-order valence-electron chi connectivity index (χ0n) is 74.5. The predicted molar refractivity (Wildman–Crippen MR) is 519 cm³/mol. The van der Waals surface area contributed by atoms with Gasteiger partial charge in [0, 0.05) is 99.8 Å². The van der Waals surface area contributed by atoms with Crippen LogP contribution in [-0.4, -0.2) is 277 Å². The molecule has 4 radical (unpaired) electrons. The standard InChI is InChI=1S/C28H34BN8O5PS2.C24H28N10O5S2.C15H16BIN5O5PS2.C13H19N3.ClH.HI/c1-5-6-7-8-9-12-36-16-30-24-19(36)11-10-13-35(24)14-18-15-44-27-21(26(39)37(27)22(18)28(40)42-43(4)29)32-25(38)20(33-41-3)23-31-17(2)45-34-23;1-26-15(18-30-24(25)41-31-18)20(36)29-16-21(37)34-17(23(38)39)13(11-40-22(16)34)10-32-7-2-4-14-19(32)28-12-33(14)8-3-5-27-6-9-35;1-6-18-11(21-30-6)8(20-26-2)12(23)19-9-13(24)22-10(15(25)27-28(3)16)7(4-17)5-29-14(9)22;1-2-3-4-5-6-10-16-11-15-13-12(16)8-7-9-14-13;;/h10-11,13,16,21,27H,5-9,12,14-15H2,1-4H3;2,4,7,12,16,22,27,35H,3,5-6,8-11H2,1H3,(H3-,25,29,30,31,36,38,39);9,14H,4-5H2,1-3H3,(H,19,23);7-9,11H,2-6,10H2,1H3;2*1H/b33-20-;;20-8-;;;. The molecule has 0 spiro atoms. The van der Waals surface area contributed by atoms with Crippen LogP contribution in [0.3, 0.4) is 0 Å². The molecule has 7 N–H and O–H groups in total. The molecule has 3 fully saturated rings. The number of thioether (sulfide) groups is 3. The minimum absolute atomic E-state index is 0. The van der Waals surface area contributed by atoms with Crippen molar-refractivity contribution < 1.29 is 105 Å². The van der Waals surface area contributed by atoms with Crippen molar-refractivity contribution in [1.29, 1.82) is 0 Å². The number of nitrogens with two attached hydrogens (primary N) is 1. The van der Waals surface area contributed by atoms with E-state index in [4.69, 9.17) is 44.7 Å². The number of carboxylic acid groups (broad SMARTS) is 1. The lowest BCUT2D eigenvalue weighted by Crippen LogP contribution is -3.00. The predicted octanol–water partition coefficient (Wildman–Crippen LogP) is 1.83. The van der Waals surface area contributed by atoms with Crippen molar-refractivity contribution in [2.45, 2.75) is 165 Å². The molecule has 15 heterocycles. The molecule has 6 aliphatic rings. The summed E-state index contributed by atoms with van der Waals surface area (Å²) in [4.78, 5) is 164. The van der Waals surface area contributed by atoms with Crippen molar-refractivity contribution in [2.75, 3.05) is 81.7 Å². The number of unbranched alkanes of at least 4 members (excludes halogenated alkanes) is 8. The van der Waals surface area contributed by atoms with Gasteiger partial charge in [-0.1, -0.05) is 98.1 Å². The summed E-state index contributed by atoms with van der Waals surface area (Å²) in [6.07, 6.45) is 24.3. The molecule has 712 valence electrons. The minimum atomic E-state index is -1.53. The Morgan fingerprint density at radius 1 is 0.582 bits per heavy atom. The number of anilines is 1. The van der Waals surface area contributed by atoms with Gasteiger partial charge in [0.2, 0.25) is 35.7 Å². The van der Waals surface area contributed by atoms with Crippen LogP contribution in [0.25, 0.3) is 33.5 Å². The molecule has 0 bridgehead atoms. The number of carbonyl (C=O) groups is 9. The summed E-state index contributed by atoms with van der Waals surface area (Å²) in [5.41, 5.74) is 12.8. The number of hydrogen-bond acceptors (Lipinski definition) is 36. The van der Waals surface area contributed by atoms with Crippen molar-refractivity contribution in [3.05, 3.63) is 135 Å². The maximum Gasteiger partial charge on any atom is 0.357 e. The van der Waals surface area contributed by atoms with Gasteiger partial charge in [-0.25, -0.2) is 38.7 Å². The van der Waals surface area contributed by atoms with Crippen molar-refractivity contribution >= 4 is 245 Å². The van der Waals surface area contributed by atoms with Crippen LogP contribution in [0, 0.1) is 13.8 Å². The Balaban J connectivity index is 0.000000193. The van der Waals surface area contributed by atoms with Gasteiger partial charge in [-0.05, 0) is 128 Å². The largest absolute Gasteiger partial charge is 1.00 e. The van der Waals surface area contributed by atoms with Gasteiger partial charge >= 0.3 is 23.2 Å². The number of nitrogens with zero attached hydrogens (tertiary/aromatic N) is 21. The van der Waals surface area contributed by atoms with Gasteiger partial charge in [0.25, 0.3) is 35.4 Å². The highest BCUT2D eigenvalue weighted by Crippen LogP contribution is 2.45. The first-order valence-corrected chi connectivity index (χ1v) is 52.6. The molecule has 134 heavy (non-hydrogen) atoms. The van der Waals surface area contributed by atoms with E-state index < -0.39 is 104 Å². The van der Waals surface area contributed by atoms with Crippen LogP contribution in [0.15, 0.2) is 123 Å². The maximum atomic E-state index is 13.5. The Morgan fingerprint density at radius 2 is 1.00 bits per heavy atom. The average Bonchev–Trinajstić information content (AvgIpc) is 1.10. The Labute approximate surface area is 838 Å². The molecule has 8 unspecified atom stereocenters. The summed E-state index contributed by atoms with van der Waals surface area (Å²) in [6.45, 7) is 15.7. The molecular formula is C80H99B2ClI2N26O15P2S6.